The van der Waals surface area contributed by atoms with Crippen molar-refractivity contribution >= 4 is 23.0 Å². The van der Waals surface area contributed by atoms with Gasteiger partial charge in [-0.25, -0.2) is 0 Å². The van der Waals surface area contributed by atoms with Crippen molar-refractivity contribution in [3.63, 3.8) is 0 Å². The van der Waals surface area contributed by atoms with Crippen LogP contribution in [0.15, 0.2) is 42.5 Å². The monoisotopic (exact) mass is 407 g/mol. The highest BCUT2D eigenvalue weighted by Crippen LogP contribution is 2.37. The fourth-order valence-corrected chi connectivity index (χ4v) is 3.28. The number of carbonyl (C=O) groups excluding carboxylic acids is 1. The van der Waals surface area contributed by atoms with Crippen molar-refractivity contribution in [2.75, 3.05) is 41.8 Å². The Morgan fingerprint density at radius 2 is 1.79 bits per heavy atom. The van der Waals surface area contributed by atoms with Crippen molar-refractivity contribution in [2.45, 2.75) is 25.9 Å². The second kappa shape index (κ2) is 9.07. The van der Waals surface area contributed by atoms with Crippen LogP contribution in [0, 0.1) is 0 Å². The minimum atomic E-state index is -4.56. The quantitative estimate of drug-likeness (QED) is 0.695. The molecule has 1 saturated heterocycles. The Morgan fingerprint density at radius 3 is 2.41 bits per heavy atom. The van der Waals surface area contributed by atoms with E-state index in [0.717, 1.165) is 24.8 Å². The van der Waals surface area contributed by atoms with Crippen molar-refractivity contribution in [1.82, 2.24) is 0 Å². The highest BCUT2D eigenvalue weighted by Gasteiger charge is 2.34. The van der Waals surface area contributed by atoms with Crippen molar-refractivity contribution in [1.29, 1.82) is 0 Å². The molecule has 1 heterocycles. The first-order valence-electron chi connectivity index (χ1n) is 9.59. The molecule has 0 aromatic heterocycles. The van der Waals surface area contributed by atoms with E-state index in [1.165, 1.54) is 25.0 Å². The summed E-state index contributed by atoms with van der Waals surface area (Å²) in [5.41, 5.74) is 0.664. The van der Waals surface area contributed by atoms with Gasteiger partial charge in [-0.2, -0.15) is 13.2 Å². The number of benzene rings is 2. The molecular weight excluding hydrogens is 383 g/mol. The zero-order valence-corrected chi connectivity index (χ0v) is 16.2. The second-order valence-electron chi connectivity index (χ2n) is 6.78. The maximum Gasteiger partial charge on any atom is 0.418 e. The highest BCUT2D eigenvalue weighted by atomic mass is 19.4. The highest BCUT2D eigenvalue weighted by molar-refractivity contribution is 5.94. The number of rotatable bonds is 7. The number of halogens is 3. The summed E-state index contributed by atoms with van der Waals surface area (Å²) in [7, 11) is 0. The Hall–Kier alpha value is -2.90. The van der Waals surface area contributed by atoms with Crippen LogP contribution in [0.5, 0.6) is 5.75 Å². The molecule has 1 amide bonds. The van der Waals surface area contributed by atoms with E-state index in [0.29, 0.717) is 5.69 Å². The van der Waals surface area contributed by atoms with Crippen LogP contribution in [0.25, 0.3) is 0 Å². The van der Waals surface area contributed by atoms with Crippen LogP contribution in [0.4, 0.5) is 30.2 Å². The first-order valence-corrected chi connectivity index (χ1v) is 9.59. The molecule has 1 aliphatic heterocycles. The lowest BCUT2D eigenvalue weighted by molar-refractivity contribution is -0.137. The summed E-state index contributed by atoms with van der Waals surface area (Å²) < 4.78 is 45.1. The molecule has 2 aromatic rings. The second-order valence-corrected chi connectivity index (χ2v) is 6.78. The maximum atomic E-state index is 13.3. The van der Waals surface area contributed by atoms with E-state index in [1.54, 1.807) is 19.1 Å². The van der Waals surface area contributed by atoms with Crippen LogP contribution in [0.3, 0.4) is 0 Å². The number of alkyl halides is 3. The number of ether oxygens (including phenoxy) is 1. The van der Waals surface area contributed by atoms with Gasteiger partial charge in [0.15, 0.2) is 0 Å². The molecule has 0 radical (unpaired) electrons. The van der Waals surface area contributed by atoms with E-state index >= 15 is 0 Å². The van der Waals surface area contributed by atoms with Crippen LogP contribution in [0.2, 0.25) is 0 Å². The van der Waals surface area contributed by atoms with Gasteiger partial charge >= 0.3 is 6.18 Å². The predicted molar refractivity (Wildman–Crippen MR) is 108 cm³/mol. The normalized spacial score (nSPS) is 14.0. The van der Waals surface area contributed by atoms with Gasteiger partial charge in [0.05, 0.1) is 18.7 Å². The Balaban J connectivity index is 1.60. The Morgan fingerprint density at radius 1 is 1.10 bits per heavy atom. The topological polar surface area (TPSA) is 53.6 Å². The molecule has 0 atom stereocenters. The van der Waals surface area contributed by atoms with E-state index < -0.39 is 17.6 Å². The molecule has 0 unspecified atom stereocenters. The minimum absolute atomic E-state index is 0.132. The summed E-state index contributed by atoms with van der Waals surface area (Å²) in [5.74, 6) is -0.297. The number of nitrogens with zero attached hydrogens (tertiary/aromatic N) is 1. The van der Waals surface area contributed by atoms with Gasteiger partial charge in [0.2, 0.25) is 5.91 Å². The number of nitrogens with one attached hydrogen (secondary N) is 2. The van der Waals surface area contributed by atoms with Crippen LogP contribution in [-0.4, -0.2) is 32.1 Å². The summed E-state index contributed by atoms with van der Waals surface area (Å²) in [6.45, 7) is 3.73. The van der Waals surface area contributed by atoms with E-state index in [9.17, 15) is 18.0 Å². The lowest BCUT2D eigenvalue weighted by Gasteiger charge is -2.18. The molecule has 156 valence electrons. The van der Waals surface area contributed by atoms with Crippen LogP contribution < -0.4 is 20.3 Å². The van der Waals surface area contributed by atoms with Crippen molar-refractivity contribution in [3.05, 3.63) is 48.0 Å². The van der Waals surface area contributed by atoms with Crippen LogP contribution in [-0.2, 0) is 11.0 Å². The number of hydrogen-bond acceptors (Lipinski definition) is 4. The lowest BCUT2D eigenvalue weighted by Crippen LogP contribution is -2.23. The molecule has 5 nitrogen and oxygen atoms in total. The molecule has 0 saturated carbocycles. The Labute approximate surface area is 167 Å². The molecule has 2 aromatic carbocycles. The van der Waals surface area contributed by atoms with E-state index in [2.05, 4.69) is 15.5 Å². The van der Waals surface area contributed by atoms with Crippen LogP contribution >= 0.6 is 0 Å². The standard InChI is InChI=1S/C21H24F3N3O2/c1-2-29-17-9-10-19(18(13-17)21(22,23)24)25-14-20(28)26-15-5-7-16(8-6-15)27-11-3-4-12-27/h5-10,13,25H,2-4,11-12,14H2,1H3,(H,26,28). The zero-order valence-electron chi connectivity index (χ0n) is 16.2. The molecule has 29 heavy (non-hydrogen) atoms. The third-order valence-corrected chi connectivity index (χ3v) is 4.67. The Kier molecular flexibility index (Phi) is 6.51. The minimum Gasteiger partial charge on any atom is -0.494 e. The summed E-state index contributed by atoms with van der Waals surface area (Å²) in [4.78, 5) is 14.4. The van der Waals surface area contributed by atoms with Gasteiger partial charge in [-0.1, -0.05) is 0 Å². The van der Waals surface area contributed by atoms with E-state index in [1.807, 2.05) is 12.1 Å². The van der Waals surface area contributed by atoms with Gasteiger partial charge in [0.25, 0.3) is 0 Å². The summed E-state index contributed by atoms with van der Waals surface area (Å²) in [6, 6.07) is 11.1. The smallest absolute Gasteiger partial charge is 0.418 e. The molecule has 2 N–H and O–H groups in total. The van der Waals surface area contributed by atoms with Crippen molar-refractivity contribution in [3.8, 4) is 5.75 Å². The summed E-state index contributed by atoms with van der Waals surface area (Å²) in [6.07, 6.45) is -2.21. The fourth-order valence-electron chi connectivity index (χ4n) is 3.28. The first-order chi connectivity index (χ1) is 13.9. The molecule has 8 heteroatoms. The number of carbonyl (C=O) groups is 1. The van der Waals surface area contributed by atoms with E-state index in [4.69, 9.17) is 4.74 Å². The molecule has 3 rings (SSSR count). The van der Waals surface area contributed by atoms with Gasteiger partial charge in [-0.05, 0) is 62.2 Å². The summed E-state index contributed by atoms with van der Waals surface area (Å²) in [5, 5.41) is 5.26. The molecular formula is C21H24F3N3O2. The van der Waals surface area contributed by atoms with Crippen molar-refractivity contribution in [2.24, 2.45) is 0 Å². The summed E-state index contributed by atoms with van der Waals surface area (Å²) >= 11 is 0. The number of amides is 1. The lowest BCUT2D eigenvalue weighted by atomic mass is 10.1. The van der Waals surface area contributed by atoms with Gasteiger partial charge in [0.1, 0.15) is 5.75 Å². The molecule has 1 aliphatic rings. The number of anilines is 3. The van der Waals surface area contributed by atoms with Gasteiger partial charge < -0.3 is 20.3 Å². The largest absolute Gasteiger partial charge is 0.494 e. The Bertz CT molecular complexity index is 832. The fraction of sp³-hybridized carbons (Fsp3) is 0.381. The maximum absolute atomic E-state index is 13.3. The average Bonchev–Trinajstić information content (AvgIpc) is 3.22. The number of hydrogen-bond donors (Lipinski definition) is 2. The molecule has 0 aliphatic carbocycles. The SMILES string of the molecule is CCOc1ccc(NCC(=O)Nc2ccc(N3CCCC3)cc2)c(C(F)(F)F)c1. The van der Waals surface area contributed by atoms with Crippen LogP contribution in [0.1, 0.15) is 25.3 Å². The zero-order chi connectivity index (χ0) is 20.9. The first kappa shape index (κ1) is 20.8. The predicted octanol–water partition coefficient (Wildman–Crippen LogP) is 4.75. The third kappa shape index (κ3) is 5.56. The molecule has 0 spiro atoms. The molecule has 1 fully saturated rings. The van der Waals surface area contributed by atoms with Crippen molar-refractivity contribution < 1.29 is 22.7 Å². The van der Waals surface area contributed by atoms with Gasteiger partial charge in [-0.3, -0.25) is 4.79 Å². The van der Waals surface area contributed by atoms with Gasteiger partial charge in [0, 0.05) is 30.2 Å². The van der Waals surface area contributed by atoms with Gasteiger partial charge in [-0.15, -0.1) is 0 Å². The average molecular weight is 407 g/mol. The molecule has 0 bridgehead atoms. The third-order valence-electron chi connectivity index (χ3n) is 4.67. The van der Waals surface area contributed by atoms with E-state index in [-0.39, 0.29) is 24.6 Å².